The van der Waals surface area contributed by atoms with Crippen LogP contribution >= 0.6 is 0 Å². The van der Waals surface area contributed by atoms with E-state index in [1.54, 1.807) is 0 Å². The molecule has 142 valence electrons. The van der Waals surface area contributed by atoms with Gasteiger partial charge in [0.25, 0.3) is 11.5 Å². The molecule has 1 amide bonds. The summed E-state index contributed by atoms with van der Waals surface area (Å²) in [5.74, 6) is -2.32. The van der Waals surface area contributed by atoms with E-state index in [1.807, 2.05) is 27.7 Å². The van der Waals surface area contributed by atoms with Crippen molar-refractivity contribution in [1.29, 1.82) is 0 Å². The van der Waals surface area contributed by atoms with Crippen LogP contribution in [-0.2, 0) is 11.2 Å². The number of rotatable bonds is 6. The van der Waals surface area contributed by atoms with Gasteiger partial charge in [0.15, 0.2) is 5.78 Å². The molecule has 7 nitrogen and oxygen atoms in total. The highest BCUT2D eigenvalue weighted by Gasteiger charge is 2.32. The van der Waals surface area contributed by atoms with Crippen molar-refractivity contribution in [3.63, 3.8) is 0 Å². The number of nitrogens with one attached hydrogen (secondary N) is 2. The van der Waals surface area contributed by atoms with E-state index in [9.17, 15) is 24.3 Å². The second-order valence-corrected chi connectivity index (χ2v) is 8.22. The highest BCUT2D eigenvalue weighted by atomic mass is 16.4. The van der Waals surface area contributed by atoms with Crippen LogP contribution in [0.4, 0.5) is 0 Å². The van der Waals surface area contributed by atoms with Crippen molar-refractivity contribution >= 4 is 17.7 Å². The Morgan fingerprint density at radius 3 is 2.50 bits per heavy atom. The van der Waals surface area contributed by atoms with Crippen molar-refractivity contribution in [3.8, 4) is 0 Å². The number of carbonyl (C=O) groups excluding carboxylic acids is 2. The van der Waals surface area contributed by atoms with Crippen molar-refractivity contribution in [2.24, 2.45) is 17.3 Å². The predicted octanol–water partition coefficient (Wildman–Crippen LogP) is 2.01. The number of fused-ring (bicyclic) bond motifs is 1. The van der Waals surface area contributed by atoms with Gasteiger partial charge >= 0.3 is 5.97 Å². The maximum atomic E-state index is 12.4. The predicted molar refractivity (Wildman–Crippen MR) is 96.4 cm³/mol. The standard InChI is InChI=1S/C19H26N2O5/c1-10(2)5-11(18(25)26)9-20-16(23)13-6-12-14(21-17(13)24)7-19(3,4)8-15(12)22/h6,10-11H,5,7-9H2,1-4H3,(H,20,23)(H,21,24)(H,25,26). The first-order valence-electron chi connectivity index (χ1n) is 8.80. The second kappa shape index (κ2) is 7.43. The van der Waals surface area contributed by atoms with Gasteiger partial charge in [0.2, 0.25) is 0 Å². The van der Waals surface area contributed by atoms with Crippen LogP contribution in [0, 0.1) is 17.3 Å². The molecule has 0 aliphatic heterocycles. The maximum Gasteiger partial charge on any atom is 0.308 e. The van der Waals surface area contributed by atoms with Gasteiger partial charge in [-0.15, -0.1) is 0 Å². The molecule has 1 unspecified atom stereocenters. The molecular weight excluding hydrogens is 336 g/mol. The number of hydrogen-bond acceptors (Lipinski definition) is 4. The average molecular weight is 362 g/mol. The molecule has 1 aromatic rings. The van der Waals surface area contributed by atoms with Crippen LogP contribution in [0.15, 0.2) is 10.9 Å². The van der Waals surface area contributed by atoms with Gasteiger partial charge in [-0.2, -0.15) is 0 Å². The number of carbonyl (C=O) groups is 3. The van der Waals surface area contributed by atoms with Crippen molar-refractivity contribution in [2.75, 3.05) is 6.54 Å². The summed E-state index contributed by atoms with van der Waals surface area (Å²) in [6, 6.07) is 1.33. The van der Waals surface area contributed by atoms with Crippen molar-refractivity contribution in [1.82, 2.24) is 10.3 Å². The minimum atomic E-state index is -0.990. The van der Waals surface area contributed by atoms with Crippen LogP contribution in [0.1, 0.15) is 66.9 Å². The number of H-pyrrole nitrogens is 1. The summed E-state index contributed by atoms with van der Waals surface area (Å²) in [4.78, 5) is 50.9. The lowest BCUT2D eigenvalue weighted by atomic mass is 9.75. The van der Waals surface area contributed by atoms with E-state index in [1.165, 1.54) is 6.07 Å². The van der Waals surface area contributed by atoms with Crippen molar-refractivity contribution in [2.45, 2.75) is 47.0 Å². The number of aromatic nitrogens is 1. The van der Waals surface area contributed by atoms with E-state index in [2.05, 4.69) is 10.3 Å². The molecule has 0 radical (unpaired) electrons. The zero-order valence-corrected chi connectivity index (χ0v) is 15.6. The number of pyridine rings is 1. The third-order valence-electron chi connectivity index (χ3n) is 4.58. The minimum absolute atomic E-state index is 0.0656. The fourth-order valence-electron chi connectivity index (χ4n) is 3.35. The molecule has 0 saturated heterocycles. The molecular formula is C19H26N2O5. The van der Waals surface area contributed by atoms with Gasteiger partial charge in [-0.05, 0) is 30.2 Å². The zero-order valence-electron chi connectivity index (χ0n) is 15.6. The van der Waals surface area contributed by atoms with Gasteiger partial charge in [-0.1, -0.05) is 27.7 Å². The second-order valence-electron chi connectivity index (χ2n) is 8.22. The topological polar surface area (TPSA) is 116 Å². The molecule has 3 N–H and O–H groups in total. The SMILES string of the molecule is CC(C)CC(CNC(=O)c1cc2c([nH]c1=O)CC(C)(C)CC2=O)C(=O)O. The summed E-state index contributed by atoms with van der Waals surface area (Å²) in [5, 5.41) is 11.8. The monoisotopic (exact) mass is 362 g/mol. The Balaban J connectivity index is 2.20. The first-order chi connectivity index (χ1) is 12.0. The number of ketones is 1. The Labute approximate surface area is 152 Å². The highest BCUT2D eigenvalue weighted by molar-refractivity contribution is 6.02. The van der Waals surface area contributed by atoms with E-state index in [0.717, 1.165) is 0 Å². The lowest BCUT2D eigenvalue weighted by Gasteiger charge is -2.29. The number of Topliss-reactive ketones (excluding diaryl/α,β-unsaturated/α-hetero) is 1. The van der Waals surface area contributed by atoms with Gasteiger partial charge in [-0.25, -0.2) is 0 Å². The van der Waals surface area contributed by atoms with Crippen LogP contribution in [0.2, 0.25) is 0 Å². The summed E-state index contributed by atoms with van der Waals surface area (Å²) < 4.78 is 0. The van der Waals surface area contributed by atoms with Gasteiger partial charge < -0.3 is 15.4 Å². The molecule has 1 heterocycles. The summed E-state index contributed by atoms with van der Waals surface area (Å²) in [6.45, 7) is 7.64. The number of aliphatic carboxylic acids is 1. The quantitative estimate of drug-likeness (QED) is 0.716. The smallest absolute Gasteiger partial charge is 0.308 e. The summed E-state index contributed by atoms with van der Waals surface area (Å²) in [5.41, 5.74) is -0.0439. The molecule has 0 bridgehead atoms. The molecule has 0 aromatic carbocycles. The molecule has 1 atom stereocenters. The molecule has 0 fully saturated rings. The molecule has 0 spiro atoms. The molecule has 0 saturated carbocycles. The minimum Gasteiger partial charge on any atom is -0.481 e. The van der Waals surface area contributed by atoms with Crippen molar-refractivity contribution < 1.29 is 19.5 Å². The number of hydrogen-bond donors (Lipinski definition) is 3. The molecule has 1 aliphatic carbocycles. The first-order valence-corrected chi connectivity index (χ1v) is 8.80. The van der Waals surface area contributed by atoms with E-state index in [-0.39, 0.29) is 29.2 Å². The van der Waals surface area contributed by atoms with Gasteiger partial charge in [0, 0.05) is 24.2 Å². The third-order valence-corrected chi connectivity index (χ3v) is 4.58. The fraction of sp³-hybridized carbons (Fsp3) is 0.579. The Morgan fingerprint density at radius 1 is 1.27 bits per heavy atom. The van der Waals surface area contributed by atoms with E-state index < -0.39 is 23.4 Å². The van der Waals surface area contributed by atoms with Crippen LogP contribution in [0.5, 0.6) is 0 Å². The molecule has 1 aliphatic rings. The maximum absolute atomic E-state index is 12.4. The van der Waals surface area contributed by atoms with Crippen LogP contribution in [0.3, 0.4) is 0 Å². The van der Waals surface area contributed by atoms with Crippen molar-refractivity contribution in [3.05, 3.63) is 33.2 Å². The number of carboxylic acids is 1. The van der Waals surface area contributed by atoms with Crippen LogP contribution < -0.4 is 10.9 Å². The Kier molecular flexibility index (Phi) is 5.68. The van der Waals surface area contributed by atoms with Crippen LogP contribution in [-0.4, -0.2) is 34.3 Å². The van der Waals surface area contributed by atoms with Crippen LogP contribution in [0.25, 0.3) is 0 Å². The third kappa shape index (κ3) is 4.59. The fourth-order valence-corrected chi connectivity index (χ4v) is 3.35. The Bertz CT molecular complexity index is 792. The molecule has 26 heavy (non-hydrogen) atoms. The summed E-state index contributed by atoms with van der Waals surface area (Å²) >= 11 is 0. The van der Waals surface area contributed by atoms with E-state index in [4.69, 9.17) is 0 Å². The van der Waals surface area contributed by atoms with E-state index >= 15 is 0 Å². The number of carboxylic acid groups (broad SMARTS) is 1. The van der Waals surface area contributed by atoms with Gasteiger partial charge in [0.1, 0.15) is 5.56 Å². The lowest BCUT2D eigenvalue weighted by molar-refractivity contribution is -0.142. The Morgan fingerprint density at radius 2 is 1.92 bits per heavy atom. The number of amides is 1. The molecule has 7 heteroatoms. The van der Waals surface area contributed by atoms with Gasteiger partial charge in [0.05, 0.1) is 5.92 Å². The summed E-state index contributed by atoms with van der Waals surface area (Å²) in [6.07, 6.45) is 1.33. The average Bonchev–Trinajstić information content (AvgIpc) is 2.48. The van der Waals surface area contributed by atoms with E-state index in [0.29, 0.717) is 30.5 Å². The zero-order chi connectivity index (χ0) is 19.6. The number of aromatic amines is 1. The Hall–Kier alpha value is -2.44. The molecule has 2 rings (SSSR count). The first kappa shape index (κ1) is 19.9. The lowest BCUT2D eigenvalue weighted by Crippen LogP contribution is -2.37. The highest BCUT2D eigenvalue weighted by Crippen LogP contribution is 2.33. The summed E-state index contributed by atoms with van der Waals surface area (Å²) in [7, 11) is 0. The largest absolute Gasteiger partial charge is 0.481 e. The van der Waals surface area contributed by atoms with Gasteiger partial charge in [-0.3, -0.25) is 19.2 Å². The molecule has 1 aromatic heterocycles. The normalized spacial score (nSPS) is 16.9.